The molecule has 4 amide bonds. The summed E-state index contributed by atoms with van der Waals surface area (Å²) in [7, 11) is 0. The number of hydrogen-bond acceptors (Lipinski definition) is 4. The molecule has 2 atom stereocenters. The van der Waals surface area contributed by atoms with E-state index in [1.807, 2.05) is 60.7 Å². The van der Waals surface area contributed by atoms with E-state index in [0.717, 1.165) is 23.3 Å². The molecule has 0 aromatic heterocycles. The fourth-order valence-electron chi connectivity index (χ4n) is 4.04. The van der Waals surface area contributed by atoms with Gasteiger partial charge in [-0.25, -0.2) is 4.79 Å². The molecule has 0 bridgehead atoms. The Morgan fingerprint density at radius 1 is 1.10 bits per heavy atom. The lowest BCUT2D eigenvalue weighted by Crippen LogP contribution is -2.47. The predicted octanol–water partition coefficient (Wildman–Crippen LogP) is 1.97. The zero-order chi connectivity index (χ0) is 21.0. The number of benzene rings is 2. The predicted molar refractivity (Wildman–Crippen MR) is 110 cm³/mol. The Hall–Kier alpha value is -3.19. The van der Waals surface area contributed by atoms with Gasteiger partial charge in [-0.05, 0) is 24.0 Å². The molecule has 2 aliphatic heterocycles. The Balaban J connectivity index is 1.53. The van der Waals surface area contributed by atoms with Crippen molar-refractivity contribution in [3.8, 4) is 0 Å². The normalized spacial score (nSPS) is 23.5. The molecule has 0 aliphatic carbocycles. The molecule has 7 nitrogen and oxygen atoms in total. The molecule has 156 valence electrons. The zero-order valence-electron chi connectivity index (χ0n) is 16.7. The number of nitrogens with one attached hydrogen (secondary N) is 2. The number of imide groups is 1. The largest absolute Gasteiger partial charge is 0.376 e. The smallest absolute Gasteiger partial charge is 0.325 e. The molecule has 0 spiro atoms. The maximum Gasteiger partial charge on any atom is 0.325 e. The van der Waals surface area contributed by atoms with Crippen molar-refractivity contribution in [1.82, 2.24) is 15.5 Å². The SMILES string of the molecule is O=C(CN1C(=O)N[C@@](Cc2ccccc2)(c2ccccc2)C1=O)NC[C@@H]1CCCO1. The van der Waals surface area contributed by atoms with Crippen LogP contribution < -0.4 is 10.6 Å². The lowest BCUT2D eigenvalue weighted by atomic mass is 9.83. The minimum absolute atomic E-state index is 0.00135. The molecule has 4 rings (SSSR count). The molecule has 2 saturated heterocycles. The summed E-state index contributed by atoms with van der Waals surface area (Å²) in [5.74, 6) is -0.799. The third kappa shape index (κ3) is 4.07. The Morgan fingerprint density at radius 2 is 1.80 bits per heavy atom. The first-order chi connectivity index (χ1) is 14.6. The average molecular weight is 407 g/mol. The van der Waals surface area contributed by atoms with Crippen molar-refractivity contribution in [2.45, 2.75) is 30.9 Å². The number of ether oxygens (including phenoxy) is 1. The van der Waals surface area contributed by atoms with Crippen molar-refractivity contribution in [3.63, 3.8) is 0 Å². The van der Waals surface area contributed by atoms with Crippen LogP contribution in [0.3, 0.4) is 0 Å². The molecule has 0 radical (unpaired) electrons. The molecule has 0 saturated carbocycles. The van der Waals surface area contributed by atoms with E-state index >= 15 is 0 Å². The van der Waals surface area contributed by atoms with Gasteiger partial charge in [-0.1, -0.05) is 60.7 Å². The third-order valence-corrected chi connectivity index (χ3v) is 5.61. The molecule has 2 N–H and O–H groups in total. The van der Waals surface area contributed by atoms with Crippen molar-refractivity contribution < 1.29 is 19.1 Å². The number of nitrogens with zero attached hydrogens (tertiary/aromatic N) is 1. The molecule has 2 aliphatic rings. The summed E-state index contributed by atoms with van der Waals surface area (Å²) in [6, 6.07) is 18.1. The Bertz CT molecular complexity index is 913. The topological polar surface area (TPSA) is 87.7 Å². The van der Waals surface area contributed by atoms with Crippen molar-refractivity contribution >= 4 is 17.8 Å². The van der Waals surface area contributed by atoms with Crippen LogP contribution in [0.1, 0.15) is 24.0 Å². The van der Waals surface area contributed by atoms with Gasteiger partial charge < -0.3 is 15.4 Å². The van der Waals surface area contributed by atoms with Crippen molar-refractivity contribution in [2.75, 3.05) is 19.7 Å². The highest BCUT2D eigenvalue weighted by atomic mass is 16.5. The van der Waals surface area contributed by atoms with Crippen LogP contribution in [-0.4, -0.2) is 48.5 Å². The first kappa shape index (κ1) is 20.1. The summed E-state index contributed by atoms with van der Waals surface area (Å²) in [5.41, 5.74) is 0.364. The van der Waals surface area contributed by atoms with Crippen LogP contribution in [0.5, 0.6) is 0 Å². The van der Waals surface area contributed by atoms with Crippen LogP contribution in [0.15, 0.2) is 60.7 Å². The van der Waals surface area contributed by atoms with E-state index < -0.39 is 17.5 Å². The highest BCUT2D eigenvalue weighted by Crippen LogP contribution is 2.32. The van der Waals surface area contributed by atoms with Crippen LogP contribution in [0.2, 0.25) is 0 Å². The number of urea groups is 1. The molecule has 7 heteroatoms. The maximum atomic E-state index is 13.5. The van der Waals surface area contributed by atoms with Crippen LogP contribution in [0, 0.1) is 0 Å². The summed E-state index contributed by atoms with van der Waals surface area (Å²) in [4.78, 5) is 39.6. The van der Waals surface area contributed by atoms with E-state index in [0.29, 0.717) is 25.1 Å². The van der Waals surface area contributed by atoms with E-state index in [1.165, 1.54) is 0 Å². The summed E-state index contributed by atoms with van der Waals surface area (Å²) >= 11 is 0. The standard InChI is InChI=1S/C23H25N3O4/c27-20(24-15-19-12-7-13-30-19)16-26-21(28)23(25-22(26)29,18-10-5-2-6-11-18)14-17-8-3-1-4-9-17/h1-6,8-11,19H,7,12-16H2,(H,24,27)(H,25,29)/t19-,23-/m0/s1. The summed E-state index contributed by atoms with van der Waals surface area (Å²) in [6.45, 7) is 0.768. The van der Waals surface area contributed by atoms with Gasteiger partial charge in [0.15, 0.2) is 5.54 Å². The Labute approximate surface area is 175 Å². The molecule has 2 heterocycles. The minimum Gasteiger partial charge on any atom is -0.376 e. The molecular formula is C23H25N3O4. The van der Waals surface area contributed by atoms with Gasteiger partial charge in [-0.3, -0.25) is 14.5 Å². The number of carbonyl (C=O) groups excluding carboxylic acids is 3. The van der Waals surface area contributed by atoms with Gasteiger partial charge in [0, 0.05) is 19.6 Å². The lowest BCUT2D eigenvalue weighted by molar-refractivity contribution is -0.135. The highest BCUT2D eigenvalue weighted by molar-refractivity contribution is 6.09. The Morgan fingerprint density at radius 3 is 2.47 bits per heavy atom. The van der Waals surface area contributed by atoms with E-state index in [2.05, 4.69) is 10.6 Å². The first-order valence-corrected chi connectivity index (χ1v) is 10.2. The quantitative estimate of drug-likeness (QED) is 0.687. The van der Waals surface area contributed by atoms with Crippen molar-refractivity contribution in [1.29, 1.82) is 0 Å². The molecule has 0 unspecified atom stereocenters. The van der Waals surface area contributed by atoms with Gasteiger partial charge in [-0.15, -0.1) is 0 Å². The van der Waals surface area contributed by atoms with Gasteiger partial charge in [0.1, 0.15) is 6.54 Å². The first-order valence-electron chi connectivity index (χ1n) is 10.2. The number of amides is 4. The van der Waals surface area contributed by atoms with E-state index in [4.69, 9.17) is 4.74 Å². The number of carbonyl (C=O) groups is 3. The van der Waals surface area contributed by atoms with Crippen LogP contribution >= 0.6 is 0 Å². The van der Waals surface area contributed by atoms with E-state index in [1.54, 1.807) is 0 Å². The number of hydrogen-bond donors (Lipinski definition) is 2. The summed E-state index contributed by atoms with van der Waals surface area (Å²) < 4.78 is 5.50. The van der Waals surface area contributed by atoms with Crippen LogP contribution in [0.25, 0.3) is 0 Å². The monoisotopic (exact) mass is 407 g/mol. The highest BCUT2D eigenvalue weighted by Gasteiger charge is 2.52. The molecule has 2 aromatic carbocycles. The third-order valence-electron chi connectivity index (χ3n) is 5.61. The van der Waals surface area contributed by atoms with Crippen molar-refractivity contribution in [3.05, 3.63) is 71.8 Å². The second-order valence-electron chi connectivity index (χ2n) is 7.69. The summed E-state index contributed by atoms with van der Waals surface area (Å²) in [5, 5.41) is 5.64. The van der Waals surface area contributed by atoms with Gasteiger partial charge in [0.05, 0.1) is 6.10 Å². The molecule has 2 aromatic rings. The maximum absolute atomic E-state index is 13.5. The molecule has 2 fully saturated rings. The van der Waals surface area contributed by atoms with Gasteiger partial charge in [-0.2, -0.15) is 0 Å². The number of rotatable bonds is 7. The second-order valence-corrected chi connectivity index (χ2v) is 7.69. The van der Waals surface area contributed by atoms with E-state index in [-0.39, 0.29) is 18.6 Å². The molecule has 30 heavy (non-hydrogen) atoms. The fourth-order valence-corrected chi connectivity index (χ4v) is 4.04. The lowest BCUT2D eigenvalue weighted by Gasteiger charge is -2.27. The van der Waals surface area contributed by atoms with Crippen molar-refractivity contribution in [2.24, 2.45) is 0 Å². The summed E-state index contributed by atoms with van der Waals surface area (Å²) in [6.07, 6.45) is 2.18. The fraction of sp³-hybridized carbons (Fsp3) is 0.348. The van der Waals surface area contributed by atoms with Gasteiger partial charge in [0.2, 0.25) is 5.91 Å². The average Bonchev–Trinajstić information content (AvgIpc) is 3.37. The Kier molecular flexibility index (Phi) is 5.81. The molecular weight excluding hydrogens is 382 g/mol. The van der Waals surface area contributed by atoms with Gasteiger partial charge >= 0.3 is 6.03 Å². The van der Waals surface area contributed by atoms with Crippen LogP contribution in [-0.2, 0) is 26.3 Å². The van der Waals surface area contributed by atoms with Crippen LogP contribution in [0.4, 0.5) is 4.79 Å². The minimum atomic E-state index is -1.24. The second kappa shape index (κ2) is 8.67. The van der Waals surface area contributed by atoms with Gasteiger partial charge in [0.25, 0.3) is 5.91 Å². The zero-order valence-corrected chi connectivity index (χ0v) is 16.7. The van der Waals surface area contributed by atoms with E-state index in [9.17, 15) is 14.4 Å².